The Hall–Kier alpha value is -1.06. The lowest BCUT2D eigenvalue weighted by molar-refractivity contribution is 0.584. The summed E-state index contributed by atoms with van der Waals surface area (Å²) in [6, 6.07) is 6.17. The molecular weight excluding hydrogens is 300 g/mol. The van der Waals surface area contributed by atoms with Crippen LogP contribution in [0.5, 0.6) is 0 Å². The summed E-state index contributed by atoms with van der Waals surface area (Å²) >= 11 is 7.82. The smallest absolute Gasteiger partial charge is 0.0985 e. The van der Waals surface area contributed by atoms with Crippen molar-refractivity contribution in [2.45, 2.75) is 53.0 Å². The molecule has 0 amide bonds. The number of hydrogen-bond donors (Lipinski definition) is 1. The number of halogens is 1. The van der Waals surface area contributed by atoms with Crippen LogP contribution in [0.15, 0.2) is 18.2 Å². The maximum atomic E-state index is 6.01. The second-order valence-corrected chi connectivity index (χ2v) is 8.01. The van der Waals surface area contributed by atoms with Crippen LogP contribution in [-0.4, -0.2) is 4.98 Å². The van der Waals surface area contributed by atoms with Gasteiger partial charge in [0.05, 0.1) is 16.7 Å². The average Bonchev–Trinajstić information content (AvgIpc) is 2.75. The van der Waals surface area contributed by atoms with E-state index in [1.807, 2.05) is 18.2 Å². The van der Waals surface area contributed by atoms with Crippen LogP contribution < -0.4 is 5.32 Å². The molecule has 0 aliphatic rings. The molecule has 0 spiro atoms. The summed E-state index contributed by atoms with van der Waals surface area (Å²) in [7, 11) is 0. The van der Waals surface area contributed by atoms with Gasteiger partial charge >= 0.3 is 0 Å². The third-order valence-electron chi connectivity index (χ3n) is 3.43. The van der Waals surface area contributed by atoms with E-state index in [4.69, 9.17) is 16.6 Å². The number of aromatic nitrogens is 1. The summed E-state index contributed by atoms with van der Waals surface area (Å²) in [6.45, 7) is 13.0. The molecule has 2 rings (SSSR count). The third-order valence-corrected chi connectivity index (χ3v) is 5.43. The summed E-state index contributed by atoms with van der Waals surface area (Å²) in [6.07, 6.45) is 0. The molecule has 0 aliphatic heterocycles. The minimum atomic E-state index is 0.101. The van der Waals surface area contributed by atoms with E-state index in [1.54, 1.807) is 11.3 Å². The van der Waals surface area contributed by atoms with Crippen molar-refractivity contribution in [2.24, 2.45) is 0 Å². The van der Waals surface area contributed by atoms with Crippen LogP contribution in [-0.2, 0) is 5.41 Å². The van der Waals surface area contributed by atoms with Crippen molar-refractivity contribution in [3.05, 3.63) is 44.4 Å². The minimum absolute atomic E-state index is 0.101. The van der Waals surface area contributed by atoms with Gasteiger partial charge in [-0.3, -0.25) is 0 Å². The summed E-state index contributed by atoms with van der Waals surface area (Å²) in [5.41, 5.74) is 3.50. The molecule has 0 radical (unpaired) electrons. The van der Waals surface area contributed by atoms with E-state index >= 15 is 0 Å². The topological polar surface area (TPSA) is 24.9 Å². The van der Waals surface area contributed by atoms with Gasteiger partial charge < -0.3 is 5.32 Å². The molecule has 0 aliphatic carbocycles. The Bertz CT molecular complexity index is 641. The number of anilines is 1. The Morgan fingerprint density at radius 3 is 2.43 bits per heavy atom. The lowest BCUT2D eigenvalue weighted by Gasteiger charge is -2.17. The molecule has 1 N–H and O–H groups in total. The van der Waals surface area contributed by atoms with Gasteiger partial charge in [-0.05, 0) is 44.5 Å². The first-order valence-electron chi connectivity index (χ1n) is 7.19. The van der Waals surface area contributed by atoms with Gasteiger partial charge in [-0.2, -0.15) is 0 Å². The fourth-order valence-corrected chi connectivity index (χ4v) is 3.57. The number of thiazole rings is 1. The van der Waals surface area contributed by atoms with Gasteiger partial charge in [-0.25, -0.2) is 4.98 Å². The van der Waals surface area contributed by atoms with Crippen molar-refractivity contribution in [1.82, 2.24) is 4.98 Å². The van der Waals surface area contributed by atoms with Gasteiger partial charge in [0.25, 0.3) is 0 Å². The molecule has 1 atom stereocenters. The van der Waals surface area contributed by atoms with Crippen molar-refractivity contribution in [2.75, 3.05) is 5.32 Å². The standard InChI is InChI=1S/C17H23ClN2S/c1-10-9-13(18)7-8-14(10)19-11(2)15-12(3)20-16(21-15)17(4,5)6/h7-9,11,19H,1-6H3. The molecule has 1 aromatic heterocycles. The number of rotatable bonds is 3. The fraction of sp³-hybridized carbons (Fsp3) is 0.471. The number of hydrogen-bond acceptors (Lipinski definition) is 3. The number of nitrogens with zero attached hydrogens (tertiary/aromatic N) is 1. The highest BCUT2D eigenvalue weighted by atomic mass is 35.5. The maximum absolute atomic E-state index is 6.01. The largest absolute Gasteiger partial charge is 0.377 e. The van der Waals surface area contributed by atoms with Gasteiger partial charge in [0.1, 0.15) is 0 Å². The zero-order chi connectivity index (χ0) is 15.8. The molecule has 1 unspecified atom stereocenters. The third kappa shape index (κ3) is 3.78. The first-order valence-corrected chi connectivity index (χ1v) is 8.38. The number of aryl methyl sites for hydroxylation is 2. The first-order chi connectivity index (χ1) is 9.68. The van der Waals surface area contributed by atoms with Crippen LogP contribution in [0, 0.1) is 13.8 Å². The van der Waals surface area contributed by atoms with Crippen LogP contribution >= 0.6 is 22.9 Å². The van der Waals surface area contributed by atoms with Gasteiger partial charge in [0.2, 0.25) is 0 Å². The van der Waals surface area contributed by atoms with Crippen LogP contribution in [0.3, 0.4) is 0 Å². The molecule has 0 fully saturated rings. The number of benzene rings is 1. The Morgan fingerprint density at radius 1 is 1.24 bits per heavy atom. The van der Waals surface area contributed by atoms with Crippen molar-refractivity contribution in [3.8, 4) is 0 Å². The lowest BCUT2D eigenvalue weighted by atomic mass is 9.98. The van der Waals surface area contributed by atoms with E-state index in [1.165, 1.54) is 9.88 Å². The lowest BCUT2D eigenvalue weighted by Crippen LogP contribution is -2.10. The van der Waals surface area contributed by atoms with Crippen molar-refractivity contribution in [1.29, 1.82) is 0 Å². The quantitative estimate of drug-likeness (QED) is 0.762. The Balaban J connectivity index is 2.24. The van der Waals surface area contributed by atoms with Crippen LogP contribution in [0.25, 0.3) is 0 Å². The SMILES string of the molecule is Cc1cc(Cl)ccc1NC(C)c1sc(C(C)(C)C)nc1C. The molecule has 21 heavy (non-hydrogen) atoms. The molecule has 0 bridgehead atoms. The van der Waals surface area contributed by atoms with E-state index in [0.29, 0.717) is 0 Å². The second kappa shape index (κ2) is 5.98. The van der Waals surface area contributed by atoms with E-state index < -0.39 is 0 Å². The summed E-state index contributed by atoms with van der Waals surface area (Å²) < 4.78 is 0. The highest BCUT2D eigenvalue weighted by Crippen LogP contribution is 2.34. The highest BCUT2D eigenvalue weighted by Gasteiger charge is 2.22. The molecule has 0 saturated heterocycles. The second-order valence-electron chi connectivity index (χ2n) is 6.54. The molecule has 114 valence electrons. The summed E-state index contributed by atoms with van der Waals surface area (Å²) in [5.74, 6) is 0. The predicted molar refractivity (Wildman–Crippen MR) is 93.8 cm³/mol. The Labute approximate surface area is 136 Å². The molecule has 0 saturated carbocycles. The monoisotopic (exact) mass is 322 g/mol. The molecule has 1 aromatic carbocycles. The van der Waals surface area contributed by atoms with Crippen molar-refractivity contribution >= 4 is 28.6 Å². The number of nitrogens with one attached hydrogen (secondary N) is 1. The van der Waals surface area contributed by atoms with E-state index in [-0.39, 0.29) is 11.5 Å². The molecule has 4 heteroatoms. The zero-order valence-corrected chi connectivity index (χ0v) is 15.1. The van der Waals surface area contributed by atoms with E-state index in [0.717, 1.165) is 22.0 Å². The Morgan fingerprint density at radius 2 is 1.90 bits per heavy atom. The van der Waals surface area contributed by atoms with Gasteiger partial charge in [-0.15, -0.1) is 11.3 Å². The summed E-state index contributed by atoms with van der Waals surface area (Å²) in [4.78, 5) is 6.04. The minimum Gasteiger partial charge on any atom is -0.377 e. The Kier molecular flexibility index (Phi) is 4.64. The van der Waals surface area contributed by atoms with E-state index in [2.05, 4.69) is 46.9 Å². The van der Waals surface area contributed by atoms with E-state index in [9.17, 15) is 0 Å². The van der Waals surface area contributed by atoms with Crippen molar-refractivity contribution in [3.63, 3.8) is 0 Å². The fourth-order valence-electron chi connectivity index (χ4n) is 2.22. The van der Waals surface area contributed by atoms with Gasteiger partial charge in [0, 0.05) is 21.0 Å². The zero-order valence-electron chi connectivity index (χ0n) is 13.5. The molecule has 1 heterocycles. The highest BCUT2D eigenvalue weighted by molar-refractivity contribution is 7.12. The molecule has 2 nitrogen and oxygen atoms in total. The first kappa shape index (κ1) is 16.3. The van der Waals surface area contributed by atoms with Gasteiger partial charge in [-0.1, -0.05) is 32.4 Å². The van der Waals surface area contributed by atoms with Crippen LogP contribution in [0.1, 0.15) is 54.9 Å². The van der Waals surface area contributed by atoms with Gasteiger partial charge in [0.15, 0.2) is 0 Å². The molecule has 2 aromatic rings. The van der Waals surface area contributed by atoms with Crippen LogP contribution in [0.2, 0.25) is 5.02 Å². The summed E-state index contributed by atoms with van der Waals surface area (Å²) in [5, 5.41) is 5.54. The maximum Gasteiger partial charge on any atom is 0.0985 e. The predicted octanol–water partition coefficient (Wildman–Crippen LogP) is 5.88. The molecular formula is C17H23ClN2S. The normalized spacial score (nSPS) is 13.3. The van der Waals surface area contributed by atoms with Crippen molar-refractivity contribution < 1.29 is 0 Å². The van der Waals surface area contributed by atoms with Crippen LogP contribution in [0.4, 0.5) is 5.69 Å². The average molecular weight is 323 g/mol.